The fraction of sp³-hybridized carbons (Fsp3) is 0.300. The molecule has 1 aliphatic rings. The van der Waals surface area contributed by atoms with E-state index < -0.39 is 0 Å². The first-order valence-corrected chi connectivity index (χ1v) is 4.42. The highest BCUT2D eigenvalue weighted by Crippen LogP contribution is 2.26. The van der Waals surface area contributed by atoms with Gasteiger partial charge in [-0.25, -0.2) is 0 Å². The highest BCUT2D eigenvalue weighted by Gasteiger charge is 2.26. The van der Waals surface area contributed by atoms with Crippen LogP contribution in [0.25, 0.3) is 0 Å². The Morgan fingerprint density at radius 3 is 2.93 bits per heavy atom. The van der Waals surface area contributed by atoms with Crippen LogP contribution < -0.4 is 0 Å². The third kappa shape index (κ3) is 1.51. The molecule has 1 aromatic carbocycles. The number of benzene rings is 1. The van der Waals surface area contributed by atoms with Crippen LogP contribution in [0.3, 0.4) is 0 Å². The molecule has 2 rings (SSSR count). The minimum Gasteiger partial charge on any atom is -0.508 e. The van der Waals surface area contributed by atoms with Gasteiger partial charge in [0.1, 0.15) is 11.9 Å². The molecule has 1 aliphatic heterocycles. The quantitative estimate of drug-likeness (QED) is 0.705. The summed E-state index contributed by atoms with van der Waals surface area (Å²) < 4.78 is 5.31. The second-order valence-electron chi connectivity index (χ2n) is 3.39. The molecule has 1 unspecified atom stereocenters. The minimum absolute atomic E-state index is 0.139. The van der Waals surface area contributed by atoms with Crippen LogP contribution in [0, 0.1) is 5.41 Å². The number of ether oxygens (including phenoxy) is 1. The van der Waals surface area contributed by atoms with Gasteiger partial charge in [-0.05, 0) is 17.7 Å². The van der Waals surface area contributed by atoms with Gasteiger partial charge in [-0.15, -0.1) is 0 Å². The molecule has 0 saturated carbocycles. The van der Waals surface area contributed by atoms with Gasteiger partial charge in [-0.2, -0.15) is 0 Å². The molecule has 0 amide bonds. The lowest BCUT2D eigenvalue weighted by Gasteiger charge is -2.08. The number of nitrogens with zero attached hydrogens (tertiary/aromatic N) is 1. The summed E-state index contributed by atoms with van der Waals surface area (Å²) in [6.45, 7) is 0.655. The van der Waals surface area contributed by atoms with Crippen molar-refractivity contribution in [3.05, 3.63) is 29.8 Å². The first kappa shape index (κ1) is 8.87. The van der Waals surface area contributed by atoms with Gasteiger partial charge in [0.25, 0.3) is 6.02 Å². The van der Waals surface area contributed by atoms with E-state index in [0.29, 0.717) is 6.54 Å². The van der Waals surface area contributed by atoms with E-state index in [1.165, 1.54) is 0 Å². The monoisotopic (exact) mass is 192 g/mol. The molecule has 0 radical (unpaired) electrons. The Morgan fingerprint density at radius 2 is 2.36 bits per heavy atom. The van der Waals surface area contributed by atoms with Crippen molar-refractivity contribution in [3.8, 4) is 5.75 Å². The van der Waals surface area contributed by atoms with E-state index in [-0.39, 0.29) is 17.9 Å². The van der Waals surface area contributed by atoms with Crippen LogP contribution >= 0.6 is 0 Å². The summed E-state index contributed by atoms with van der Waals surface area (Å²) in [5, 5.41) is 16.7. The summed E-state index contributed by atoms with van der Waals surface area (Å²) in [6, 6.07) is 7.12. The Balaban J connectivity index is 2.21. The summed E-state index contributed by atoms with van der Waals surface area (Å²) >= 11 is 0. The average Bonchev–Trinajstić information content (AvgIpc) is 2.47. The van der Waals surface area contributed by atoms with Crippen LogP contribution in [0.15, 0.2) is 24.3 Å². The van der Waals surface area contributed by atoms with Crippen LogP contribution in [0.1, 0.15) is 11.7 Å². The van der Waals surface area contributed by atoms with Gasteiger partial charge in [0.2, 0.25) is 0 Å². The maximum Gasteiger partial charge on any atom is 0.284 e. The molecule has 1 atom stereocenters. The molecule has 1 aromatic rings. The van der Waals surface area contributed by atoms with Gasteiger partial charge in [-0.1, -0.05) is 12.1 Å². The number of hydrogen-bond acceptors (Lipinski definition) is 3. The standard InChI is InChI=1S/C10H12N2O2/c1-12-6-9(14-10(12)11)7-3-2-4-8(13)5-7/h2-5,9,11,13H,6H2,1H3. The number of aromatic hydroxyl groups is 1. The van der Waals surface area contributed by atoms with Gasteiger partial charge in [0, 0.05) is 7.05 Å². The molecule has 1 heterocycles. The third-order valence-corrected chi connectivity index (χ3v) is 2.28. The van der Waals surface area contributed by atoms with Crippen molar-refractivity contribution in [2.24, 2.45) is 0 Å². The van der Waals surface area contributed by atoms with Gasteiger partial charge in [0.05, 0.1) is 6.54 Å². The molecule has 74 valence electrons. The zero-order chi connectivity index (χ0) is 10.1. The smallest absolute Gasteiger partial charge is 0.284 e. The van der Waals surface area contributed by atoms with E-state index in [2.05, 4.69) is 0 Å². The van der Waals surface area contributed by atoms with Crippen molar-refractivity contribution in [2.45, 2.75) is 6.10 Å². The van der Waals surface area contributed by atoms with Gasteiger partial charge >= 0.3 is 0 Å². The Kier molecular flexibility index (Phi) is 2.04. The topological polar surface area (TPSA) is 56.6 Å². The summed E-state index contributed by atoms with van der Waals surface area (Å²) in [7, 11) is 1.81. The maximum absolute atomic E-state index is 9.28. The minimum atomic E-state index is -0.139. The zero-order valence-electron chi connectivity index (χ0n) is 7.90. The molecule has 0 aromatic heterocycles. The van der Waals surface area contributed by atoms with E-state index in [1.807, 2.05) is 13.1 Å². The molecule has 2 N–H and O–H groups in total. The van der Waals surface area contributed by atoms with Crippen molar-refractivity contribution in [2.75, 3.05) is 13.6 Å². The molecule has 14 heavy (non-hydrogen) atoms. The number of likely N-dealkylation sites (N-methyl/N-ethyl adjacent to an activating group) is 1. The van der Waals surface area contributed by atoms with E-state index in [0.717, 1.165) is 5.56 Å². The van der Waals surface area contributed by atoms with Crippen molar-refractivity contribution >= 4 is 6.02 Å². The van der Waals surface area contributed by atoms with Crippen LogP contribution in [0.4, 0.5) is 0 Å². The third-order valence-electron chi connectivity index (χ3n) is 2.28. The Hall–Kier alpha value is -1.71. The highest BCUT2D eigenvalue weighted by atomic mass is 16.5. The van der Waals surface area contributed by atoms with Gasteiger partial charge in [0.15, 0.2) is 0 Å². The van der Waals surface area contributed by atoms with Crippen molar-refractivity contribution < 1.29 is 9.84 Å². The fourth-order valence-corrected chi connectivity index (χ4v) is 1.49. The number of amidine groups is 1. The number of rotatable bonds is 1. The second kappa shape index (κ2) is 3.21. The summed E-state index contributed by atoms with van der Waals surface area (Å²) in [6.07, 6.45) is -0.139. The number of nitrogens with one attached hydrogen (secondary N) is 1. The summed E-state index contributed by atoms with van der Waals surface area (Å²) in [5.41, 5.74) is 0.902. The molecule has 0 spiro atoms. The van der Waals surface area contributed by atoms with E-state index in [9.17, 15) is 5.11 Å². The summed E-state index contributed by atoms with van der Waals surface area (Å²) in [4.78, 5) is 1.73. The van der Waals surface area contributed by atoms with Gasteiger partial charge < -0.3 is 14.7 Å². The van der Waals surface area contributed by atoms with Crippen molar-refractivity contribution in [1.29, 1.82) is 5.41 Å². The van der Waals surface area contributed by atoms with Crippen molar-refractivity contribution in [1.82, 2.24) is 4.90 Å². The predicted molar refractivity (Wildman–Crippen MR) is 52.3 cm³/mol. The van der Waals surface area contributed by atoms with Crippen LogP contribution in [-0.4, -0.2) is 29.6 Å². The van der Waals surface area contributed by atoms with E-state index >= 15 is 0 Å². The maximum atomic E-state index is 9.28. The molecule has 1 fully saturated rings. The normalized spacial score (nSPS) is 21.1. The lowest BCUT2D eigenvalue weighted by molar-refractivity contribution is 0.233. The molecular weight excluding hydrogens is 180 g/mol. The second-order valence-corrected chi connectivity index (χ2v) is 3.39. The van der Waals surface area contributed by atoms with Crippen LogP contribution in [0.5, 0.6) is 5.75 Å². The number of phenolic OH excluding ortho intramolecular Hbond substituents is 1. The average molecular weight is 192 g/mol. The molecule has 4 nitrogen and oxygen atoms in total. The lowest BCUT2D eigenvalue weighted by Crippen LogP contribution is -2.18. The molecule has 1 saturated heterocycles. The van der Waals surface area contributed by atoms with Crippen molar-refractivity contribution in [3.63, 3.8) is 0 Å². The first-order valence-electron chi connectivity index (χ1n) is 4.42. The molecule has 0 bridgehead atoms. The Bertz CT molecular complexity index is 365. The van der Waals surface area contributed by atoms with Crippen LogP contribution in [-0.2, 0) is 4.74 Å². The Labute approximate surface area is 82.2 Å². The van der Waals surface area contributed by atoms with E-state index in [4.69, 9.17) is 10.1 Å². The summed E-state index contributed by atoms with van der Waals surface area (Å²) in [5.74, 6) is 0.229. The zero-order valence-corrected chi connectivity index (χ0v) is 7.90. The first-order chi connectivity index (χ1) is 6.66. The van der Waals surface area contributed by atoms with Crippen LogP contribution in [0.2, 0.25) is 0 Å². The molecular formula is C10H12N2O2. The largest absolute Gasteiger partial charge is 0.508 e. The molecule has 0 aliphatic carbocycles. The fourth-order valence-electron chi connectivity index (χ4n) is 1.49. The van der Waals surface area contributed by atoms with E-state index in [1.54, 1.807) is 23.1 Å². The Morgan fingerprint density at radius 1 is 1.57 bits per heavy atom. The number of hydrogen-bond donors (Lipinski definition) is 2. The SMILES string of the molecule is CN1CC(c2cccc(O)c2)OC1=N. The predicted octanol–water partition coefficient (Wildman–Crippen LogP) is 1.33. The number of phenols is 1. The van der Waals surface area contributed by atoms with Gasteiger partial charge in [-0.3, -0.25) is 5.41 Å². The highest BCUT2D eigenvalue weighted by molar-refractivity contribution is 5.72. The molecule has 4 heteroatoms. The lowest BCUT2D eigenvalue weighted by atomic mass is 10.1.